The molecule has 16 heavy (non-hydrogen) atoms. The number of hydrogen-bond donors (Lipinski definition) is 0. The second-order valence-electron chi connectivity index (χ2n) is 4.62. The molecule has 0 N–H and O–H groups in total. The van der Waals surface area contributed by atoms with E-state index in [1.165, 1.54) is 30.4 Å². The molecule has 1 nitrogen and oxygen atoms in total. The van der Waals surface area contributed by atoms with E-state index in [4.69, 9.17) is 4.74 Å². The lowest BCUT2D eigenvalue weighted by molar-refractivity contribution is 0.336. The second kappa shape index (κ2) is 5.22. The Hall–Kier alpha value is -0.500. The molecule has 1 aliphatic rings. The second-order valence-corrected chi connectivity index (χ2v) is 5.73. The van der Waals surface area contributed by atoms with Gasteiger partial charge in [-0.15, -0.1) is 0 Å². The summed E-state index contributed by atoms with van der Waals surface area (Å²) in [6.07, 6.45) is 4.04. The zero-order chi connectivity index (χ0) is 11.5. The number of halogens is 1. The summed E-state index contributed by atoms with van der Waals surface area (Å²) >= 11 is 3.80. The molecular formula is C14H19BrO. The van der Waals surface area contributed by atoms with Crippen molar-refractivity contribution < 1.29 is 4.74 Å². The van der Waals surface area contributed by atoms with Crippen LogP contribution < -0.4 is 4.74 Å². The average molecular weight is 283 g/mol. The van der Waals surface area contributed by atoms with E-state index in [9.17, 15) is 0 Å². The Morgan fingerprint density at radius 3 is 2.81 bits per heavy atom. The predicted molar refractivity (Wildman–Crippen MR) is 71.4 cm³/mol. The van der Waals surface area contributed by atoms with Crippen molar-refractivity contribution in [1.29, 1.82) is 0 Å². The summed E-state index contributed by atoms with van der Waals surface area (Å²) in [5.74, 6) is 1.97. The van der Waals surface area contributed by atoms with Crippen LogP contribution in [0.15, 0.2) is 18.2 Å². The number of alkyl halides is 1. The maximum Gasteiger partial charge on any atom is 0.123 e. The zero-order valence-corrected chi connectivity index (χ0v) is 11.6. The minimum atomic E-state index is 0.446. The standard InChI is InChI=1S/C14H19BrO/c1-3-16-14-7-4-10(2)8-12(14)13(15)9-11-5-6-11/h4,7-8,11,13H,3,5-6,9H2,1-2H3. The number of benzene rings is 1. The van der Waals surface area contributed by atoms with Crippen molar-refractivity contribution in [3.63, 3.8) is 0 Å². The molecule has 1 aromatic carbocycles. The molecule has 0 aliphatic heterocycles. The third-order valence-electron chi connectivity index (χ3n) is 3.04. The smallest absolute Gasteiger partial charge is 0.123 e. The first-order valence-corrected chi connectivity index (χ1v) is 6.99. The van der Waals surface area contributed by atoms with Crippen molar-refractivity contribution in [3.8, 4) is 5.75 Å². The van der Waals surface area contributed by atoms with E-state index >= 15 is 0 Å². The van der Waals surface area contributed by atoms with E-state index < -0.39 is 0 Å². The van der Waals surface area contributed by atoms with Crippen LogP contribution in [-0.4, -0.2) is 6.61 Å². The molecule has 1 aromatic rings. The van der Waals surface area contributed by atoms with E-state index in [0.717, 1.165) is 18.3 Å². The van der Waals surface area contributed by atoms with Gasteiger partial charge in [0.1, 0.15) is 5.75 Å². The lowest BCUT2D eigenvalue weighted by atomic mass is 10.0. The van der Waals surface area contributed by atoms with E-state index in [0.29, 0.717) is 4.83 Å². The molecule has 2 rings (SSSR count). The van der Waals surface area contributed by atoms with Crippen molar-refractivity contribution in [2.45, 2.75) is 37.9 Å². The minimum absolute atomic E-state index is 0.446. The van der Waals surface area contributed by atoms with Crippen LogP contribution in [0.4, 0.5) is 0 Å². The van der Waals surface area contributed by atoms with Crippen molar-refractivity contribution in [2.75, 3.05) is 6.61 Å². The highest BCUT2D eigenvalue weighted by atomic mass is 79.9. The van der Waals surface area contributed by atoms with Crippen LogP contribution in [0.3, 0.4) is 0 Å². The molecule has 0 spiro atoms. The molecule has 88 valence electrons. The maximum absolute atomic E-state index is 5.69. The monoisotopic (exact) mass is 282 g/mol. The largest absolute Gasteiger partial charge is 0.494 e. The SMILES string of the molecule is CCOc1ccc(C)cc1C(Br)CC1CC1. The molecule has 2 heteroatoms. The summed E-state index contributed by atoms with van der Waals surface area (Å²) in [6.45, 7) is 4.91. The van der Waals surface area contributed by atoms with Gasteiger partial charge in [0, 0.05) is 10.4 Å². The van der Waals surface area contributed by atoms with Gasteiger partial charge in [0.25, 0.3) is 0 Å². The van der Waals surface area contributed by atoms with Crippen LogP contribution in [-0.2, 0) is 0 Å². The van der Waals surface area contributed by atoms with Crippen LogP contribution in [0.1, 0.15) is 42.1 Å². The molecule has 0 saturated heterocycles. The highest BCUT2D eigenvalue weighted by molar-refractivity contribution is 9.09. The fraction of sp³-hybridized carbons (Fsp3) is 0.571. The molecule has 1 atom stereocenters. The molecule has 1 fully saturated rings. The lowest BCUT2D eigenvalue weighted by Crippen LogP contribution is -2.00. The molecule has 0 heterocycles. The molecule has 0 aromatic heterocycles. The van der Waals surface area contributed by atoms with Crippen LogP contribution in [0.2, 0.25) is 0 Å². The molecule has 1 aliphatic carbocycles. The van der Waals surface area contributed by atoms with Crippen molar-refractivity contribution in [1.82, 2.24) is 0 Å². The van der Waals surface area contributed by atoms with Gasteiger partial charge in [0.05, 0.1) is 6.61 Å². The first kappa shape index (κ1) is 12.0. The third-order valence-corrected chi connectivity index (χ3v) is 3.91. The summed E-state index contributed by atoms with van der Waals surface area (Å²) in [7, 11) is 0. The first-order chi connectivity index (χ1) is 7.70. The molecule has 0 radical (unpaired) electrons. The predicted octanol–water partition coefficient (Wildman–Crippen LogP) is 4.63. The van der Waals surface area contributed by atoms with Gasteiger partial charge in [-0.2, -0.15) is 0 Å². The van der Waals surface area contributed by atoms with Gasteiger partial charge in [0.2, 0.25) is 0 Å². The van der Waals surface area contributed by atoms with Gasteiger partial charge in [-0.25, -0.2) is 0 Å². The highest BCUT2D eigenvalue weighted by Crippen LogP contribution is 2.43. The quantitative estimate of drug-likeness (QED) is 0.716. The summed E-state index contributed by atoms with van der Waals surface area (Å²) in [6, 6.07) is 6.45. The van der Waals surface area contributed by atoms with Gasteiger partial charge in [-0.3, -0.25) is 0 Å². The Labute approximate surface area is 106 Å². The fourth-order valence-corrected chi connectivity index (χ4v) is 2.86. The van der Waals surface area contributed by atoms with E-state index in [1.807, 2.05) is 6.92 Å². The van der Waals surface area contributed by atoms with Gasteiger partial charge in [-0.1, -0.05) is 46.5 Å². The summed E-state index contributed by atoms with van der Waals surface area (Å²) < 4.78 is 5.69. The van der Waals surface area contributed by atoms with Crippen molar-refractivity contribution in [2.24, 2.45) is 5.92 Å². The topological polar surface area (TPSA) is 9.23 Å². The summed E-state index contributed by atoms with van der Waals surface area (Å²) in [5.41, 5.74) is 2.62. The number of aryl methyl sites for hydroxylation is 1. The van der Waals surface area contributed by atoms with Crippen molar-refractivity contribution in [3.05, 3.63) is 29.3 Å². The Morgan fingerprint density at radius 2 is 2.19 bits per heavy atom. The zero-order valence-electron chi connectivity index (χ0n) is 10.0. The minimum Gasteiger partial charge on any atom is -0.494 e. The van der Waals surface area contributed by atoms with Gasteiger partial charge in [-0.05, 0) is 32.3 Å². The summed E-state index contributed by atoms with van der Waals surface area (Å²) in [5, 5.41) is 0. The molecule has 1 unspecified atom stereocenters. The molecule has 0 amide bonds. The van der Waals surface area contributed by atoms with Gasteiger partial charge >= 0.3 is 0 Å². The van der Waals surface area contributed by atoms with Crippen LogP contribution >= 0.6 is 15.9 Å². The van der Waals surface area contributed by atoms with Crippen LogP contribution in [0.25, 0.3) is 0 Å². The Bertz CT molecular complexity index is 358. The molecular weight excluding hydrogens is 264 g/mol. The van der Waals surface area contributed by atoms with Crippen molar-refractivity contribution >= 4 is 15.9 Å². The van der Waals surface area contributed by atoms with Gasteiger partial charge < -0.3 is 4.74 Å². The average Bonchev–Trinajstić information content (AvgIpc) is 3.05. The highest BCUT2D eigenvalue weighted by Gasteiger charge is 2.26. The number of ether oxygens (including phenoxy) is 1. The van der Waals surface area contributed by atoms with Crippen LogP contribution in [0, 0.1) is 12.8 Å². The Balaban J connectivity index is 2.17. The van der Waals surface area contributed by atoms with E-state index in [-0.39, 0.29) is 0 Å². The first-order valence-electron chi connectivity index (χ1n) is 6.08. The third kappa shape index (κ3) is 3.00. The summed E-state index contributed by atoms with van der Waals surface area (Å²) in [4.78, 5) is 0.446. The Kier molecular flexibility index (Phi) is 3.91. The van der Waals surface area contributed by atoms with E-state index in [1.54, 1.807) is 0 Å². The lowest BCUT2D eigenvalue weighted by Gasteiger charge is -2.15. The number of rotatable bonds is 5. The fourth-order valence-electron chi connectivity index (χ4n) is 1.97. The Morgan fingerprint density at radius 1 is 1.44 bits per heavy atom. The van der Waals surface area contributed by atoms with E-state index in [2.05, 4.69) is 41.1 Å². The van der Waals surface area contributed by atoms with Gasteiger partial charge in [0.15, 0.2) is 0 Å². The normalized spacial score (nSPS) is 17.2. The number of hydrogen-bond acceptors (Lipinski definition) is 1. The van der Waals surface area contributed by atoms with Crippen LogP contribution in [0.5, 0.6) is 5.75 Å². The molecule has 0 bridgehead atoms. The molecule has 1 saturated carbocycles. The maximum atomic E-state index is 5.69.